The average molecular weight is 516 g/mol. The zero-order valence-electron chi connectivity index (χ0n) is 19.2. The molecule has 36 heavy (non-hydrogen) atoms. The van der Waals surface area contributed by atoms with E-state index in [0.29, 0.717) is 19.6 Å². The van der Waals surface area contributed by atoms with Crippen LogP contribution in [0.15, 0.2) is 30.6 Å². The van der Waals surface area contributed by atoms with Crippen molar-refractivity contribution in [3.63, 3.8) is 0 Å². The van der Waals surface area contributed by atoms with Crippen molar-refractivity contribution in [3.8, 4) is 0 Å². The van der Waals surface area contributed by atoms with E-state index in [-0.39, 0.29) is 29.7 Å². The van der Waals surface area contributed by atoms with Crippen molar-refractivity contribution in [3.05, 3.63) is 47.5 Å². The van der Waals surface area contributed by atoms with E-state index >= 15 is 4.39 Å². The Labute approximate surface area is 203 Å². The van der Waals surface area contributed by atoms with Gasteiger partial charge in [0.1, 0.15) is 6.33 Å². The van der Waals surface area contributed by atoms with Crippen molar-refractivity contribution in [1.29, 1.82) is 0 Å². The number of halogens is 6. The highest BCUT2D eigenvalue weighted by Crippen LogP contribution is 2.44. The molecule has 1 aromatic heterocycles. The summed E-state index contributed by atoms with van der Waals surface area (Å²) >= 11 is 0. The molecule has 4 rings (SSSR count). The Balaban J connectivity index is 1.48. The molecule has 1 aromatic carbocycles. The fourth-order valence-corrected chi connectivity index (χ4v) is 4.73. The number of carbonyl (C=O) groups excluding carboxylic acids is 1. The lowest BCUT2D eigenvalue weighted by Gasteiger charge is -2.31. The molecule has 2 fully saturated rings. The summed E-state index contributed by atoms with van der Waals surface area (Å²) in [4.78, 5) is 21.9. The number of nitrogens with two attached hydrogens (primary N) is 1. The largest absolute Gasteiger partial charge is 0.416 e. The third-order valence-electron chi connectivity index (χ3n) is 6.58. The molecule has 7 nitrogen and oxygen atoms in total. The van der Waals surface area contributed by atoms with Gasteiger partial charge in [0.15, 0.2) is 11.6 Å². The van der Waals surface area contributed by atoms with Gasteiger partial charge in [0, 0.05) is 13.0 Å². The number of hydrogen-bond donors (Lipinski definition) is 2. The first-order valence-corrected chi connectivity index (χ1v) is 11.5. The smallest absolute Gasteiger partial charge is 0.369 e. The van der Waals surface area contributed by atoms with E-state index in [2.05, 4.69) is 15.3 Å². The van der Waals surface area contributed by atoms with Crippen LogP contribution in [0.1, 0.15) is 36.4 Å². The van der Waals surface area contributed by atoms with Crippen LogP contribution < -0.4 is 16.0 Å². The summed E-state index contributed by atoms with van der Waals surface area (Å²) in [6.45, 7) is 1.08. The lowest BCUT2D eigenvalue weighted by molar-refractivity contribution is -0.137. The number of nitrogens with zero attached hydrogens (tertiary/aromatic N) is 4. The van der Waals surface area contributed by atoms with Gasteiger partial charge in [-0.2, -0.15) is 17.6 Å². The van der Waals surface area contributed by atoms with Gasteiger partial charge in [-0.05, 0) is 49.5 Å². The van der Waals surface area contributed by atoms with Gasteiger partial charge in [0.25, 0.3) is 5.92 Å². The molecule has 2 aliphatic heterocycles. The second-order valence-corrected chi connectivity index (χ2v) is 9.25. The number of alkyl halides is 5. The number of hydrogen-bond acceptors (Lipinski definition) is 6. The minimum absolute atomic E-state index is 0.138. The van der Waals surface area contributed by atoms with Crippen molar-refractivity contribution in [2.45, 2.75) is 37.4 Å². The fraction of sp³-hybridized carbons (Fsp3) is 0.522. The highest BCUT2D eigenvalue weighted by atomic mass is 19.4. The van der Waals surface area contributed by atoms with Crippen LogP contribution in [0.4, 0.5) is 38.0 Å². The maximum absolute atomic E-state index is 15.4. The van der Waals surface area contributed by atoms with Gasteiger partial charge >= 0.3 is 6.18 Å². The van der Waals surface area contributed by atoms with Gasteiger partial charge in [-0.1, -0.05) is 12.1 Å². The number of likely N-dealkylation sites (tertiary alicyclic amines) is 1. The van der Waals surface area contributed by atoms with Crippen molar-refractivity contribution in [2.75, 3.05) is 42.9 Å². The summed E-state index contributed by atoms with van der Waals surface area (Å²) in [6.07, 6.45) is -2.66. The summed E-state index contributed by atoms with van der Waals surface area (Å²) in [6, 6.07) is 2.84. The minimum Gasteiger partial charge on any atom is -0.369 e. The number of amides is 1. The number of aromatic nitrogens is 2. The first-order valence-electron chi connectivity index (χ1n) is 11.5. The molecule has 2 saturated heterocycles. The number of piperidine rings is 1. The summed E-state index contributed by atoms with van der Waals surface area (Å²) in [7, 11) is 0. The van der Waals surface area contributed by atoms with Crippen molar-refractivity contribution < 1.29 is 31.1 Å². The van der Waals surface area contributed by atoms with Crippen molar-refractivity contribution in [1.82, 2.24) is 14.9 Å². The second kappa shape index (κ2) is 10.1. The molecule has 1 unspecified atom stereocenters. The normalized spacial score (nSPS) is 21.1. The van der Waals surface area contributed by atoms with Crippen LogP contribution in [0.3, 0.4) is 0 Å². The molecule has 0 radical (unpaired) electrons. The quantitative estimate of drug-likeness (QED) is 0.544. The lowest BCUT2D eigenvalue weighted by Crippen LogP contribution is -2.40. The van der Waals surface area contributed by atoms with Crippen LogP contribution in [0.2, 0.25) is 0 Å². The van der Waals surface area contributed by atoms with Gasteiger partial charge in [-0.3, -0.25) is 9.69 Å². The number of nitrogens with one attached hydrogen (secondary N) is 1. The fourth-order valence-electron chi connectivity index (χ4n) is 4.73. The summed E-state index contributed by atoms with van der Waals surface area (Å²) in [5.41, 5.74) is 4.52. The van der Waals surface area contributed by atoms with E-state index in [0.717, 1.165) is 48.3 Å². The topological polar surface area (TPSA) is 87.4 Å². The van der Waals surface area contributed by atoms with Crippen LogP contribution in [0.25, 0.3) is 0 Å². The third kappa shape index (κ3) is 6.00. The van der Waals surface area contributed by atoms with Crippen molar-refractivity contribution >= 4 is 17.5 Å². The molecule has 2 aliphatic rings. The SMILES string of the molecule is NC(=O)CN1CCC(CNc2ncnc(N3CC(F)(F)CC3c3ccc(C(F)(F)F)cc3)c2F)CC1. The molecular weight excluding hydrogens is 490 g/mol. The standard InChI is InChI=1S/C23H26F6N6O/c24-19-20(31-10-14-5-7-34(8-6-14)11-18(30)36)32-13-33-21(19)35-12-22(25,26)9-17(35)15-1-3-16(4-2-15)23(27,28)29/h1-4,13-14,17H,5-12H2,(H2,30,36)(H,31,32,33). The zero-order chi connectivity index (χ0) is 26.1. The van der Waals surface area contributed by atoms with Crippen LogP contribution in [-0.2, 0) is 11.0 Å². The predicted molar refractivity (Wildman–Crippen MR) is 120 cm³/mol. The number of rotatable bonds is 7. The Hall–Kier alpha value is -3.09. The van der Waals surface area contributed by atoms with Crippen LogP contribution in [0, 0.1) is 11.7 Å². The van der Waals surface area contributed by atoms with Crippen LogP contribution >= 0.6 is 0 Å². The van der Waals surface area contributed by atoms with E-state index in [1.807, 2.05) is 4.90 Å². The molecule has 0 spiro atoms. The Morgan fingerprint density at radius 3 is 2.42 bits per heavy atom. The Kier molecular flexibility index (Phi) is 7.30. The van der Waals surface area contributed by atoms with E-state index < -0.39 is 48.4 Å². The van der Waals surface area contributed by atoms with E-state index in [1.165, 1.54) is 0 Å². The van der Waals surface area contributed by atoms with Crippen LogP contribution in [-0.4, -0.2) is 59.4 Å². The van der Waals surface area contributed by atoms with E-state index in [4.69, 9.17) is 5.73 Å². The molecule has 3 N–H and O–H groups in total. The molecule has 13 heteroatoms. The third-order valence-corrected chi connectivity index (χ3v) is 6.58. The summed E-state index contributed by atoms with van der Waals surface area (Å²) < 4.78 is 82.9. The predicted octanol–water partition coefficient (Wildman–Crippen LogP) is 3.83. The average Bonchev–Trinajstić information content (AvgIpc) is 3.13. The molecule has 0 bridgehead atoms. The Morgan fingerprint density at radius 1 is 1.14 bits per heavy atom. The zero-order valence-corrected chi connectivity index (χ0v) is 19.2. The lowest BCUT2D eigenvalue weighted by atomic mass is 9.97. The second-order valence-electron chi connectivity index (χ2n) is 9.25. The maximum Gasteiger partial charge on any atom is 0.416 e. The molecule has 196 valence electrons. The van der Waals surface area contributed by atoms with Gasteiger partial charge in [0.05, 0.1) is 24.7 Å². The molecule has 3 heterocycles. The summed E-state index contributed by atoms with van der Waals surface area (Å²) in [5.74, 6) is -4.78. The maximum atomic E-state index is 15.4. The van der Waals surface area contributed by atoms with E-state index in [9.17, 15) is 26.7 Å². The molecule has 0 saturated carbocycles. The van der Waals surface area contributed by atoms with Gasteiger partial charge in [0.2, 0.25) is 11.7 Å². The molecule has 1 atom stereocenters. The highest BCUT2D eigenvalue weighted by Gasteiger charge is 2.47. The molecule has 0 aliphatic carbocycles. The van der Waals surface area contributed by atoms with Gasteiger partial charge < -0.3 is 16.0 Å². The highest BCUT2D eigenvalue weighted by molar-refractivity contribution is 5.75. The number of benzene rings is 1. The number of primary amides is 1. The first kappa shape index (κ1) is 26.0. The number of anilines is 2. The number of carbonyl (C=O) groups is 1. The monoisotopic (exact) mass is 516 g/mol. The first-order chi connectivity index (χ1) is 16.9. The van der Waals surface area contributed by atoms with E-state index in [1.54, 1.807) is 0 Å². The molecular formula is C23H26F6N6O. The Bertz CT molecular complexity index is 1070. The minimum atomic E-state index is -4.56. The van der Waals surface area contributed by atoms with Gasteiger partial charge in [-0.25, -0.2) is 18.7 Å². The Morgan fingerprint density at radius 2 is 1.81 bits per heavy atom. The molecule has 1 amide bonds. The van der Waals surface area contributed by atoms with Crippen LogP contribution in [0.5, 0.6) is 0 Å². The van der Waals surface area contributed by atoms with Crippen molar-refractivity contribution in [2.24, 2.45) is 11.7 Å². The van der Waals surface area contributed by atoms with Gasteiger partial charge in [-0.15, -0.1) is 0 Å². The summed E-state index contributed by atoms with van der Waals surface area (Å²) in [5, 5.41) is 2.93. The molecule has 2 aromatic rings.